The quantitative estimate of drug-likeness (QED) is 0.418. The molecule has 3 atom stereocenters. The maximum absolute atomic E-state index is 13.2. The Morgan fingerprint density at radius 2 is 1.51 bits per heavy atom. The monoisotopic (exact) mass is 530 g/mol. The molecule has 3 rings (SSSR count). The third-order valence-corrected chi connectivity index (χ3v) is 7.16. The van der Waals surface area contributed by atoms with Crippen LogP contribution >= 0.6 is 11.8 Å². The molecule has 0 fully saturated rings. The van der Waals surface area contributed by atoms with Crippen molar-refractivity contribution in [3.63, 3.8) is 0 Å². The largest absolute Gasteiger partial charge is 0.511 e. The Bertz CT molecular complexity index is 1290. The maximum atomic E-state index is 13.2. The third kappa shape index (κ3) is 4.75. The predicted octanol–water partition coefficient (Wildman–Crippen LogP) is 5.12. The molecule has 1 N–H and O–H groups in total. The van der Waals surface area contributed by atoms with E-state index in [1.54, 1.807) is 24.3 Å². The number of carbonyl (C=O) groups excluding carboxylic acids is 2. The summed E-state index contributed by atoms with van der Waals surface area (Å²) in [6, 6.07) is 13.9. The van der Waals surface area contributed by atoms with Crippen molar-refractivity contribution in [2.75, 3.05) is 20.5 Å². The Balaban J connectivity index is 2.43. The van der Waals surface area contributed by atoms with Crippen LogP contribution in [0.1, 0.15) is 28.5 Å². The van der Waals surface area contributed by atoms with E-state index in [1.165, 1.54) is 11.8 Å². The lowest BCUT2D eigenvalue weighted by molar-refractivity contribution is -0.147. The van der Waals surface area contributed by atoms with Gasteiger partial charge in [0.1, 0.15) is 11.7 Å². The number of hydrogen-bond acceptors (Lipinski definition) is 8. The summed E-state index contributed by atoms with van der Waals surface area (Å²) in [4.78, 5) is 26.7. The van der Waals surface area contributed by atoms with Gasteiger partial charge in [-0.25, -0.2) is 4.79 Å². The van der Waals surface area contributed by atoms with Gasteiger partial charge in [0, 0.05) is 10.8 Å². The molecule has 0 heterocycles. The zero-order chi connectivity index (χ0) is 27.5. The summed E-state index contributed by atoms with van der Waals surface area (Å²) in [6.07, 6.45) is -2.83. The van der Waals surface area contributed by atoms with Crippen molar-refractivity contribution >= 4 is 23.7 Å². The topological polar surface area (TPSA) is 120 Å². The fourth-order valence-corrected chi connectivity index (χ4v) is 5.11. The maximum Gasteiger partial charge on any atom is 0.416 e. The smallest absolute Gasteiger partial charge is 0.416 e. The van der Waals surface area contributed by atoms with Crippen molar-refractivity contribution in [3.8, 4) is 12.1 Å². The number of alkyl halides is 3. The predicted molar refractivity (Wildman–Crippen MR) is 126 cm³/mol. The number of aliphatic hydroxyl groups excluding tert-OH is 1. The molecule has 0 bridgehead atoms. The van der Waals surface area contributed by atoms with Gasteiger partial charge < -0.3 is 14.6 Å². The fourth-order valence-electron chi connectivity index (χ4n) is 4.70. The molecule has 1 aliphatic carbocycles. The van der Waals surface area contributed by atoms with E-state index in [1.807, 2.05) is 18.4 Å². The average molecular weight is 531 g/mol. The number of nitriles is 2. The normalized spacial score (nSPS) is 20.9. The number of esters is 2. The van der Waals surface area contributed by atoms with Gasteiger partial charge in [-0.2, -0.15) is 23.7 Å². The second-order valence-electron chi connectivity index (χ2n) is 8.19. The molecule has 0 aromatic heterocycles. The molecule has 0 spiro atoms. The number of rotatable bonds is 5. The lowest BCUT2D eigenvalue weighted by Crippen LogP contribution is -2.47. The molecule has 0 radical (unpaired) electrons. The number of nitrogens with zero attached hydrogens (tertiary/aromatic N) is 2. The molecule has 0 saturated heterocycles. The zero-order valence-corrected chi connectivity index (χ0v) is 20.7. The van der Waals surface area contributed by atoms with E-state index in [0.29, 0.717) is 0 Å². The highest BCUT2D eigenvalue weighted by Crippen LogP contribution is 2.59. The molecule has 0 amide bonds. The summed E-state index contributed by atoms with van der Waals surface area (Å²) in [5.74, 6) is -7.63. The first kappa shape index (κ1) is 27.6. The van der Waals surface area contributed by atoms with Crippen molar-refractivity contribution in [2.45, 2.75) is 22.9 Å². The molecule has 2 aromatic rings. The minimum absolute atomic E-state index is 0.00676. The fraction of sp³-hybridized carbons (Fsp3) is 0.308. The number of ether oxygens (including phenoxy) is 2. The van der Waals surface area contributed by atoms with E-state index >= 15 is 0 Å². The Hall–Kier alpha value is -3.96. The summed E-state index contributed by atoms with van der Waals surface area (Å²) in [5.41, 5.74) is -3.43. The van der Waals surface area contributed by atoms with Crippen molar-refractivity contribution in [1.82, 2.24) is 0 Å². The van der Waals surface area contributed by atoms with E-state index in [0.717, 1.165) is 43.4 Å². The Morgan fingerprint density at radius 1 is 0.973 bits per heavy atom. The molecule has 1 aliphatic rings. The molecular formula is C26H21F3N2O5S. The van der Waals surface area contributed by atoms with Crippen LogP contribution in [0.5, 0.6) is 0 Å². The molecule has 0 aliphatic heterocycles. The molecule has 11 heteroatoms. The highest BCUT2D eigenvalue weighted by molar-refractivity contribution is 7.98. The van der Waals surface area contributed by atoms with E-state index in [9.17, 15) is 38.4 Å². The van der Waals surface area contributed by atoms with Gasteiger partial charge in [-0.1, -0.05) is 24.3 Å². The number of benzene rings is 2. The number of halogens is 3. The van der Waals surface area contributed by atoms with Crippen LogP contribution in [0.3, 0.4) is 0 Å². The first-order valence-corrected chi connectivity index (χ1v) is 12.0. The van der Waals surface area contributed by atoms with Crippen LogP contribution in [0.25, 0.3) is 0 Å². The summed E-state index contributed by atoms with van der Waals surface area (Å²) in [5, 5.41) is 32.2. The van der Waals surface area contributed by atoms with Crippen LogP contribution in [0.4, 0.5) is 13.2 Å². The van der Waals surface area contributed by atoms with Crippen LogP contribution in [-0.4, -0.2) is 37.5 Å². The van der Waals surface area contributed by atoms with Crippen molar-refractivity contribution in [2.24, 2.45) is 11.3 Å². The van der Waals surface area contributed by atoms with Gasteiger partial charge in [0.2, 0.25) is 0 Å². The number of hydrogen-bond donors (Lipinski definition) is 1. The Labute approximate surface area is 215 Å². The number of methoxy groups -OCH3 is 2. The summed E-state index contributed by atoms with van der Waals surface area (Å²) in [6.45, 7) is 0. The van der Waals surface area contributed by atoms with Crippen molar-refractivity contribution in [3.05, 3.63) is 76.6 Å². The van der Waals surface area contributed by atoms with Crippen LogP contribution in [0.2, 0.25) is 0 Å². The van der Waals surface area contributed by atoms with E-state index in [-0.39, 0.29) is 11.1 Å². The number of aliphatic hydroxyl groups is 1. The highest BCUT2D eigenvalue weighted by atomic mass is 32.2. The average Bonchev–Trinajstić information content (AvgIpc) is 2.91. The number of thioether (sulfide) groups is 1. The van der Waals surface area contributed by atoms with Crippen LogP contribution in [0, 0.1) is 34.0 Å². The second kappa shape index (κ2) is 10.6. The SMILES string of the molecule is COC(=O)C1=C(O)[C@@H](C(=O)OC)[C@H](c2ccc(C(F)(F)F)cc2)C(C#N)(C#N)[C@@H]1c1ccc(SC)cc1. The summed E-state index contributed by atoms with van der Waals surface area (Å²) >= 11 is 1.42. The third-order valence-electron chi connectivity index (χ3n) is 6.42. The first-order chi connectivity index (χ1) is 17.5. The van der Waals surface area contributed by atoms with Crippen LogP contribution in [-0.2, 0) is 25.2 Å². The van der Waals surface area contributed by atoms with Gasteiger partial charge >= 0.3 is 18.1 Å². The van der Waals surface area contributed by atoms with Gasteiger partial charge in [-0.15, -0.1) is 11.8 Å². The molecule has 2 aromatic carbocycles. The Morgan fingerprint density at radius 3 is 1.95 bits per heavy atom. The van der Waals surface area contributed by atoms with Gasteiger partial charge in [0.05, 0.1) is 43.4 Å². The van der Waals surface area contributed by atoms with Gasteiger partial charge in [-0.3, -0.25) is 4.79 Å². The Kier molecular flexibility index (Phi) is 7.89. The van der Waals surface area contributed by atoms with E-state index in [2.05, 4.69) is 0 Å². The molecule has 192 valence electrons. The van der Waals surface area contributed by atoms with Gasteiger partial charge in [0.25, 0.3) is 0 Å². The minimum atomic E-state index is -4.66. The summed E-state index contributed by atoms with van der Waals surface area (Å²) in [7, 11) is 2.04. The lowest BCUT2D eigenvalue weighted by Gasteiger charge is -2.44. The zero-order valence-electron chi connectivity index (χ0n) is 19.9. The molecular weight excluding hydrogens is 509 g/mol. The standard InChI is InChI=1S/C26H21F3N2O5S/c1-35-23(33)18-20(14-4-8-16(9-5-14)26(27,28)29)25(12-30,13-31)21(19(22(18)32)24(34)36-2)15-6-10-17(37-3)11-7-15/h4-11,18,20-21,32H,1-3H3/t18-,20-,21+/m0/s1. The molecule has 0 unspecified atom stereocenters. The van der Waals surface area contributed by atoms with Crippen LogP contribution in [0.15, 0.2) is 64.8 Å². The first-order valence-electron chi connectivity index (χ1n) is 10.7. The van der Waals surface area contributed by atoms with E-state index < -0.39 is 58.2 Å². The van der Waals surface area contributed by atoms with E-state index in [4.69, 9.17) is 9.47 Å². The summed E-state index contributed by atoms with van der Waals surface area (Å²) < 4.78 is 49.3. The minimum Gasteiger partial charge on any atom is -0.511 e. The molecule has 0 saturated carbocycles. The lowest BCUT2D eigenvalue weighted by atomic mass is 9.54. The van der Waals surface area contributed by atoms with Gasteiger partial charge in [-0.05, 0) is 41.6 Å². The van der Waals surface area contributed by atoms with Crippen molar-refractivity contribution in [1.29, 1.82) is 10.5 Å². The van der Waals surface area contributed by atoms with Crippen LogP contribution < -0.4 is 0 Å². The molecule has 7 nitrogen and oxygen atoms in total. The highest BCUT2D eigenvalue weighted by Gasteiger charge is 2.61. The second-order valence-corrected chi connectivity index (χ2v) is 9.07. The van der Waals surface area contributed by atoms with Gasteiger partial charge in [0.15, 0.2) is 5.41 Å². The van der Waals surface area contributed by atoms with Crippen molar-refractivity contribution < 1.29 is 37.3 Å². The number of carbonyl (C=O) groups is 2. The molecule has 37 heavy (non-hydrogen) atoms.